The van der Waals surface area contributed by atoms with Crippen molar-refractivity contribution in [1.29, 1.82) is 0 Å². The van der Waals surface area contributed by atoms with Crippen LogP contribution in [0, 0.1) is 0 Å². The molecule has 0 spiro atoms. The Morgan fingerprint density at radius 1 is 1.29 bits per heavy atom. The van der Waals surface area contributed by atoms with Crippen LogP contribution < -0.4 is 5.73 Å². The lowest BCUT2D eigenvalue weighted by molar-refractivity contribution is -0.133. The average Bonchev–Trinajstić information content (AvgIpc) is 2.93. The molecule has 1 aliphatic rings. The number of carbonyl (C=O) groups is 1. The molecule has 1 aliphatic heterocycles. The number of anilines is 1. The SMILES string of the molecule is CC(C)n1c(N)nnc1S[C@@H]1CCCN(Cc2ccccc2)C1=O. The predicted molar refractivity (Wildman–Crippen MR) is 95.6 cm³/mol. The van der Waals surface area contributed by atoms with E-state index in [4.69, 9.17) is 5.73 Å². The maximum Gasteiger partial charge on any atom is 0.236 e. The molecule has 1 fully saturated rings. The average molecular weight is 345 g/mol. The first kappa shape index (κ1) is 16.8. The molecular weight excluding hydrogens is 322 g/mol. The highest BCUT2D eigenvalue weighted by atomic mass is 32.2. The van der Waals surface area contributed by atoms with Crippen molar-refractivity contribution >= 4 is 23.6 Å². The summed E-state index contributed by atoms with van der Waals surface area (Å²) in [6.45, 7) is 5.54. The van der Waals surface area contributed by atoms with Crippen LogP contribution in [0.3, 0.4) is 0 Å². The maximum atomic E-state index is 12.8. The molecule has 7 heteroatoms. The molecule has 0 radical (unpaired) electrons. The van der Waals surface area contributed by atoms with E-state index in [-0.39, 0.29) is 17.2 Å². The fraction of sp³-hybridized carbons (Fsp3) is 0.471. The topological polar surface area (TPSA) is 77.0 Å². The number of carbonyl (C=O) groups excluding carboxylic acids is 1. The van der Waals surface area contributed by atoms with Crippen molar-refractivity contribution in [2.24, 2.45) is 0 Å². The monoisotopic (exact) mass is 345 g/mol. The second-order valence-corrected chi connectivity index (χ2v) is 7.47. The van der Waals surface area contributed by atoms with Gasteiger partial charge >= 0.3 is 0 Å². The van der Waals surface area contributed by atoms with Crippen LogP contribution in [0.5, 0.6) is 0 Å². The van der Waals surface area contributed by atoms with Crippen LogP contribution in [0.25, 0.3) is 0 Å². The van der Waals surface area contributed by atoms with Crippen LogP contribution in [0.2, 0.25) is 0 Å². The molecule has 128 valence electrons. The molecule has 24 heavy (non-hydrogen) atoms. The van der Waals surface area contributed by atoms with Gasteiger partial charge in [0.1, 0.15) is 0 Å². The molecule has 1 saturated heterocycles. The van der Waals surface area contributed by atoms with E-state index in [0.29, 0.717) is 12.5 Å². The fourth-order valence-electron chi connectivity index (χ4n) is 2.96. The predicted octanol–water partition coefficient (Wildman–Crippen LogP) is 2.72. The van der Waals surface area contributed by atoms with E-state index in [9.17, 15) is 4.79 Å². The molecule has 0 bridgehead atoms. The number of hydrogen-bond donors (Lipinski definition) is 1. The minimum absolute atomic E-state index is 0.122. The first-order chi connectivity index (χ1) is 11.6. The molecule has 0 aliphatic carbocycles. The highest BCUT2D eigenvalue weighted by Gasteiger charge is 2.31. The van der Waals surface area contributed by atoms with Crippen molar-refractivity contribution in [1.82, 2.24) is 19.7 Å². The number of nitrogen functional groups attached to an aromatic ring is 1. The number of rotatable bonds is 5. The molecule has 1 aromatic heterocycles. The van der Waals surface area contributed by atoms with E-state index in [1.165, 1.54) is 11.8 Å². The Labute approximate surface area is 146 Å². The second-order valence-electron chi connectivity index (χ2n) is 6.30. The van der Waals surface area contributed by atoms with Gasteiger partial charge in [0.25, 0.3) is 0 Å². The van der Waals surface area contributed by atoms with E-state index in [0.717, 1.165) is 30.1 Å². The summed E-state index contributed by atoms with van der Waals surface area (Å²) in [6, 6.07) is 10.3. The summed E-state index contributed by atoms with van der Waals surface area (Å²) >= 11 is 1.48. The number of nitrogens with zero attached hydrogens (tertiary/aromatic N) is 4. The summed E-state index contributed by atoms with van der Waals surface area (Å²) in [6.07, 6.45) is 1.86. The number of aromatic nitrogens is 3. The van der Waals surface area contributed by atoms with E-state index in [2.05, 4.69) is 22.3 Å². The van der Waals surface area contributed by atoms with Gasteiger partial charge in [0.15, 0.2) is 5.16 Å². The molecule has 2 N–H and O–H groups in total. The molecule has 2 aromatic rings. The maximum absolute atomic E-state index is 12.8. The Balaban J connectivity index is 1.71. The van der Waals surface area contributed by atoms with E-state index in [1.807, 2.05) is 41.5 Å². The molecule has 3 rings (SSSR count). The fourth-order valence-corrected chi connectivity index (χ4v) is 4.25. The van der Waals surface area contributed by atoms with Crippen LogP contribution in [0.1, 0.15) is 38.3 Å². The first-order valence-electron chi connectivity index (χ1n) is 8.26. The summed E-state index contributed by atoms with van der Waals surface area (Å²) in [5, 5.41) is 8.72. The number of piperidine rings is 1. The number of thioether (sulfide) groups is 1. The van der Waals surface area contributed by atoms with E-state index in [1.54, 1.807) is 0 Å². The van der Waals surface area contributed by atoms with E-state index < -0.39 is 0 Å². The Bertz CT molecular complexity index is 700. The summed E-state index contributed by atoms with van der Waals surface area (Å²) < 4.78 is 1.88. The van der Waals surface area contributed by atoms with Crippen LogP contribution >= 0.6 is 11.8 Å². The standard InChI is InChI=1S/C17H23N5OS/c1-12(2)22-16(18)19-20-17(22)24-14-9-6-10-21(15(14)23)11-13-7-4-3-5-8-13/h3-5,7-8,12,14H,6,9-11H2,1-2H3,(H2,18,19)/t14-/m1/s1. The third-order valence-electron chi connectivity index (χ3n) is 4.15. The van der Waals surface area contributed by atoms with Gasteiger partial charge in [-0.1, -0.05) is 42.1 Å². The van der Waals surface area contributed by atoms with E-state index >= 15 is 0 Å². The van der Waals surface area contributed by atoms with Gasteiger partial charge in [0.05, 0.1) is 5.25 Å². The molecule has 6 nitrogen and oxygen atoms in total. The molecule has 0 unspecified atom stereocenters. The highest BCUT2D eigenvalue weighted by Crippen LogP contribution is 2.32. The third kappa shape index (κ3) is 3.56. The van der Waals surface area contributed by atoms with Gasteiger partial charge in [-0.3, -0.25) is 9.36 Å². The summed E-state index contributed by atoms with van der Waals surface area (Å²) in [7, 11) is 0. The van der Waals surface area contributed by atoms with Gasteiger partial charge in [-0.15, -0.1) is 10.2 Å². The number of amides is 1. The van der Waals surface area contributed by atoms with Crippen LogP contribution in [-0.4, -0.2) is 37.4 Å². The van der Waals surface area contributed by atoms with Crippen LogP contribution in [-0.2, 0) is 11.3 Å². The van der Waals surface area contributed by atoms with Crippen molar-refractivity contribution in [3.05, 3.63) is 35.9 Å². The molecule has 1 aromatic carbocycles. The second kappa shape index (κ2) is 7.25. The van der Waals surface area contributed by atoms with Crippen LogP contribution in [0.15, 0.2) is 35.5 Å². The zero-order valence-corrected chi connectivity index (χ0v) is 14.9. The van der Waals surface area contributed by atoms with Gasteiger partial charge in [0.2, 0.25) is 11.9 Å². The molecular formula is C17H23N5OS. The Hall–Kier alpha value is -2.02. The Kier molecular flexibility index (Phi) is 5.08. The summed E-state index contributed by atoms with van der Waals surface area (Å²) in [4.78, 5) is 14.8. The van der Waals surface area contributed by atoms with Crippen molar-refractivity contribution in [2.75, 3.05) is 12.3 Å². The minimum atomic E-state index is -0.122. The number of hydrogen-bond acceptors (Lipinski definition) is 5. The molecule has 1 atom stereocenters. The van der Waals surface area contributed by atoms with Crippen molar-refractivity contribution in [3.63, 3.8) is 0 Å². The number of benzene rings is 1. The zero-order chi connectivity index (χ0) is 17.1. The number of nitrogens with two attached hydrogens (primary N) is 1. The van der Waals surface area contributed by atoms with Crippen molar-refractivity contribution in [3.8, 4) is 0 Å². The molecule has 2 heterocycles. The zero-order valence-electron chi connectivity index (χ0n) is 14.1. The lowest BCUT2D eigenvalue weighted by Gasteiger charge is -2.32. The Morgan fingerprint density at radius 3 is 2.75 bits per heavy atom. The first-order valence-corrected chi connectivity index (χ1v) is 9.14. The van der Waals surface area contributed by atoms with Gasteiger partial charge in [-0.05, 0) is 32.3 Å². The van der Waals surface area contributed by atoms with Crippen molar-refractivity contribution in [2.45, 2.75) is 49.7 Å². The van der Waals surface area contributed by atoms with Crippen molar-refractivity contribution < 1.29 is 4.79 Å². The summed E-state index contributed by atoms with van der Waals surface area (Å²) in [5.41, 5.74) is 7.05. The lowest BCUT2D eigenvalue weighted by atomic mass is 10.1. The van der Waals surface area contributed by atoms with Gasteiger partial charge in [-0.25, -0.2) is 0 Å². The van der Waals surface area contributed by atoms with Gasteiger partial charge in [-0.2, -0.15) is 0 Å². The quantitative estimate of drug-likeness (QED) is 0.901. The highest BCUT2D eigenvalue weighted by molar-refractivity contribution is 8.00. The third-order valence-corrected chi connectivity index (χ3v) is 5.36. The summed E-state index contributed by atoms with van der Waals surface area (Å²) in [5.74, 6) is 0.573. The number of likely N-dealkylation sites (tertiary alicyclic amines) is 1. The molecule has 0 saturated carbocycles. The Morgan fingerprint density at radius 2 is 2.04 bits per heavy atom. The van der Waals surface area contributed by atoms with Crippen LogP contribution in [0.4, 0.5) is 5.95 Å². The smallest absolute Gasteiger partial charge is 0.236 e. The minimum Gasteiger partial charge on any atom is -0.368 e. The van der Waals surface area contributed by atoms with Gasteiger partial charge in [0, 0.05) is 19.1 Å². The van der Waals surface area contributed by atoms with Gasteiger partial charge < -0.3 is 10.6 Å². The normalized spacial score (nSPS) is 18.4. The lowest BCUT2D eigenvalue weighted by Crippen LogP contribution is -2.42. The largest absolute Gasteiger partial charge is 0.368 e. The molecule has 1 amide bonds.